The van der Waals surface area contributed by atoms with Crippen molar-refractivity contribution in [3.63, 3.8) is 0 Å². The summed E-state index contributed by atoms with van der Waals surface area (Å²) >= 11 is 1.53. The topological polar surface area (TPSA) is 47.6 Å². The molecular formula is C13H19NO3S. The molecule has 0 saturated carbocycles. The molecule has 2 heterocycles. The van der Waals surface area contributed by atoms with E-state index >= 15 is 0 Å². The predicted molar refractivity (Wildman–Crippen MR) is 70.7 cm³/mol. The van der Waals surface area contributed by atoms with Crippen LogP contribution in [0.1, 0.15) is 30.6 Å². The molecule has 1 aromatic heterocycles. The van der Waals surface area contributed by atoms with Gasteiger partial charge in [0.15, 0.2) is 5.79 Å². The van der Waals surface area contributed by atoms with E-state index in [1.807, 2.05) is 23.8 Å². The van der Waals surface area contributed by atoms with Crippen LogP contribution >= 0.6 is 11.3 Å². The fraction of sp³-hybridized carbons (Fsp3) is 0.615. The van der Waals surface area contributed by atoms with Crippen LogP contribution < -0.4 is 5.32 Å². The van der Waals surface area contributed by atoms with Gasteiger partial charge in [0.25, 0.3) is 5.91 Å². The molecular weight excluding hydrogens is 250 g/mol. The highest BCUT2D eigenvalue weighted by Crippen LogP contribution is 2.26. The lowest BCUT2D eigenvalue weighted by Crippen LogP contribution is -2.34. The van der Waals surface area contributed by atoms with Gasteiger partial charge < -0.3 is 14.8 Å². The van der Waals surface area contributed by atoms with E-state index in [4.69, 9.17) is 9.47 Å². The molecule has 18 heavy (non-hydrogen) atoms. The number of hydrogen-bond acceptors (Lipinski definition) is 4. The first-order chi connectivity index (χ1) is 8.59. The lowest BCUT2D eigenvalue weighted by atomic mass is 10.0. The summed E-state index contributed by atoms with van der Waals surface area (Å²) in [6.07, 6.45) is 0.789. The molecule has 1 atom stereocenters. The lowest BCUT2D eigenvalue weighted by molar-refractivity contribution is -0.153. The summed E-state index contributed by atoms with van der Waals surface area (Å²) in [7, 11) is 0. The molecule has 1 aromatic rings. The maximum atomic E-state index is 11.8. The molecule has 0 radical (unpaired) electrons. The van der Waals surface area contributed by atoms with Crippen molar-refractivity contribution >= 4 is 17.2 Å². The van der Waals surface area contributed by atoms with Crippen LogP contribution in [0.5, 0.6) is 0 Å². The van der Waals surface area contributed by atoms with Crippen molar-refractivity contribution in [1.82, 2.24) is 5.32 Å². The standard InChI is InChI=1S/C13H19NO3S/c1-10(7-13(2)16-4-5-17-13)8-14-12(15)11-3-6-18-9-11/h3,6,9-10H,4-5,7-8H2,1-2H3,(H,14,15). The minimum absolute atomic E-state index is 0.0125. The number of carbonyl (C=O) groups is 1. The van der Waals surface area contributed by atoms with Crippen molar-refractivity contribution in [2.24, 2.45) is 5.92 Å². The molecule has 1 saturated heterocycles. The maximum Gasteiger partial charge on any atom is 0.252 e. The van der Waals surface area contributed by atoms with Crippen LogP contribution in [0.4, 0.5) is 0 Å². The minimum atomic E-state index is -0.480. The zero-order valence-corrected chi connectivity index (χ0v) is 11.6. The Morgan fingerprint density at radius 3 is 2.89 bits per heavy atom. The fourth-order valence-corrected chi connectivity index (χ4v) is 2.78. The fourth-order valence-electron chi connectivity index (χ4n) is 2.14. The Balaban J connectivity index is 1.74. The number of amides is 1. The Morgan fingerprint density at radius 1 is 1.56 bits per heavy atom. The lowest BCUT2D eigenvalue weighted by Gasteiger charge is -2.25. The van der Waals surface area contributed by atoms with Crippen LogP contribution in [0.15, 0.2) is 16.8 Å². The highest BCUT2D eigenvalue weighted by molar-refractivity contribution is 7.08. The molecule has 0 spiro atoms. The smallest absolute Gasteiger partial charge is 0.252 e. The molecule has 100 valence electrons. The molecule has 4 nitrogen and oxygen atoms in total. The third kappa shape index (κ3) is 3.54. The van der Waals surface area contributed by atoms with Crippen molar-refractivity contribution in [1.29, 1.82) is 0 Å². The average Bonchev–Trinajstić information content (AvgIpc) is 2.97. The zero-order chi connectivity index (χ0) is 13.0. The van der Waals surface area contributed by atoms with Gasteiger partial charge in [-0.05, 0) is 24.3 Å². The number of hydrogen-bond donors (Lipinski definition) is 1. The van der Waals surface area contributed by atoms with Gasteiger partial charge in [0, 0.05) is 23.9 Å². The summed E-state index contributed by atoms with van der Waals surface area (Å²) in [4.78, 5) is 11.8. The van der Waals surface area contributed by atoms with Gasteiger partial charge in [0.05, 0.1) is 13.2 Å². The normalized spacial score (nSPS) is 19.7. The van der Waals surface area contributed by atoms with Crippen LogP contribution in [0, 0.1) is 5.92 Å². The van der Waals surface area contributed by atoms with Gasteiger partial charge in [-0.2, -0.15) is 11.3 Å². The van der Waals surface area contributed by atoms with Crippen molar-refractivity contribution in [2.75, 3.05) is 19.8 Å². The van der Waals surface area contributed by atoms with E-state index < -0.39 is 5.79 Å². The highest BCUT2D eigenvalue weighted by Gasteiger charge is 2.32. The second-order valence-electron chi connectivity index (χ2n) is 4.86. The quantitative estimate of drug-likeness (QED) is 0.892. The molecule has 1 aliphatic rings. The van der Waals surface area contributed by atoms with Crippen LogP contribution in [0.2, 0.25) is 0 Å². The highest BCUT2D eigenvalue weighted by atomic mass is 32.1. The summed E-state index contributed by atoms with van der Waals surface area (Å²) in [5, 5.41) is 6.69. The van der Waals surface area contributed by atoms with E-state index in [0.29, 0.717) is 25.7 Å². The van der Waals surface area contributed by atoms with E-state index in [1.54, 1.807) is 0 Å². The molecule has 5 heteroatoms. The van der Waals surface area contributed by atoms with Gasteiger partial charge in [0.2, 0.25) is 0 Å². The molecule has 0 aliphatic carbocycles. The van der Waals surface area contributed by atoms with Gasteiger partial charge in [-0.15, -0.1) is 0 Å². The number of rotatable bonds is 5. The number of thiophene rings is 1. The Morgan fingerprint density at radius 2 is 2.28 bits per heavy atom. The molecule has 2 rings (SSSR count). The van der Waals surface area contributed by atoms with Crippen molar-refractivity contribution in [2.45, 2.75) is 26.1 Å². The van der Waals surface area contributed by atoms with Crippen LogP contribution in [-0.2, 0) is 9.47 Å². The first kappa shape index (κ1) is 13.5. The molecule has 0 aromatic carbocycles. The van der Waals surface area contributed by atoms with Gasteiger partial charge >= 0.3 is 0 Å². The van der Waals surface area contributed by atoms with Crippen LogP contribution in [-0.4, -0.2) is 31.5 Å². The Hall–Kier alpha value is -0.910. The second kappa shape index (κ2) is 5.82. The summed E-state index contributed by atoms with van der Waals surface area (Å²) in [5.74, 6) is -0.177. The first-order valence-corrected chi connectivity index (χ1v) is 7.12. The molecule has 1 fully saturated rings. The van der Waals surface area contributed by atoms with E-state index in [0.717, 1.165) is 12.0 Å². The van der Waals surface area contributed by atoms with Crippen molar-refractivity contribution < 1.29 is 14.3 Å². The second-order valence-corrected chi connectivity index (χ2v) is 5.64. The van der Waals surface area contributed by atoms with Crippen molar-refractivity contribution in [3.05, 3.63) is 22.4 Å². The Bertz CT molecular complexity index is 385. The number of carbonyl (C=O) groups excluding carboxylic acids is 1. The van der Waals surface area contributed by atoms with E-state index in [9.17, 15) is 4.79 Å². The summed E-state index contributed by atoms with van der Waals surface area (Å²) in [5.41, 5.74) is 0.728. The third-order valence-corrected chi connectivity index (χ3v) is 3.70. The molecule has 1 amide bonds. The largest absolute Gasteiger partial charge is 0.352 e. The first-order valence-electron chi connectivity index (χ1n) is 6.17. The predicted octanol–water partition coefficient (Wildman–Crippen LogP) is 2.27. The molecule has 1 aliphatic heterocycles. The van der Waals surface area contributed by atoms with Crippen LogP contribution in [0.3, 0.4) is 0 Å². The minimum Gasteiger partial charge on any atom is -0.352 e. The van der Waals surface area contributed by atoms with Gasteiger partial charge in [-0.3, -0.25) is 4.79 Å². The van der Waals surface area contributed by atoms with Gasteiger partial charge in [-0.25, -0.2) is 0 Å². The van der Waals surface area contributed by atoms with Crippen molar-refractivity contribution in [3.8, 4) is 0 Å². The zero-order valence-electron chi connectivity index (χ0n) is 10.8. The number of nitrogens with one attached hydrogen (secondary N) is 1. The summed E-state index contributed by atoms with van der Waals surface area (Å²) in [6, 6.07) is 1.83. The van der Waals surface area contributed by atoms with E-state index in [-0.39, 0.29) is 5.91 Å². The van der Waals surface area contributed by atoms with Gasteiger partial charge in [-0.1, -0.05) is 6.92 Å². The number of ether oxygens (including phenoxy) is 2. The maximum absolute atomic E-state index is 11.8. The van der Waals surface area contributed by atoms with E-state index in [1.165, 1.54) is 11.3 Å². The summed E-state index contributed by atoms with van der Waals surface area (Å²) in [6.45, 7) is 5.99. The molecule has 1 N–H and O–H groups in total. The monoisotopic (exact) mass is 269 g/mol. The SMILES string of the molecule is CC(CNC(=O)c1ccsc1)CC1(C)OCCO1. The Kier molecular flexibility index (Phi) is 4.37. The van der Waals surface area contributed by atoms with Crippen LogP contribution in [0.25, 0.3) is 0 Å². The van der Waals surface area contributed by atoms with E-state index in [2.05, 4.69) is 12.2 Å². The summed E-state index contributed by atoms with van der Waals surface area (Å²) < 4.78 is 11.1. The Labute approximate surface area is 111 Å². The third-order valence-electron chi connectivity index (χ3n) is 3.01. The molecule has 1 unspecified atom stereocenters. The van der Waals surface area contributed by atoms with Gasteiger partial charge in [0.1, 0.15) is 0 Å². The molecule has 0 bridgehead atoms. The average molecular weight is 269 g/mol.